The number of aromatic carboxylic acids is 1. The number of halogens is 1. The van der Waals surface area contributed by atoms with E-state index in [0.717, 1.165) is 16.7 Å². The van der Waals surface area contributed by atoms with E-state index in [1.54, 1.807) is 6.07 Å². The standard InChI is InChI=1S/C9H11BrN2O2/c1-2-12-8-3-5(9(13)14)7(11)4-6(8)10/h3-4,12H,2,11H2,1H3,(H,13,14). The Bertz CT molecular complexity index is 366. The predicted molar refractivity (Wildman–Crippen MR) is 59.7 cm³/mol. The summed E-state index contributed by atoms with van der Waals surface area (Å²) in [7, 11) is 0. The fourth-order valence-electron chi connectivity index (χ4n) is 1.10. The highest BCUT2D eigenvalue weighted by molar-refractivity contribution is 9.10. The Morgan fingerprint density at radius 3 is 2.79 bits per heavy atom. The van der Waals surface area contributed by atoms with Gasteiger partial charge in [-0.1, -0.05) is 0 Å². The molecule has 0 aromatic heterocycles. The van der Waals surface area contributed by atoms with Crippen molar-refractivity contribution in [3.63, 3.8) is 0 Å². The Hall–Kier alpha value is -1.23. The van der Waals surface area contributed by atoms with Crippen LogP contribution in [0, 0.1) is 0 Å². The first-order chi connectivity index (χ1) is 6.56. The van der Waals surface area contributed by atoms with E-state index in [1.807, 2.05) is 6.92 Å². The molecule has 0 atom stereocenters. The molecule has 0 bridgehead atoms. The van der Waals surface area contributed by atoms with Gasteiger partial charge in [-0.05, 0) is 35.0 Å². The summed E-state index contributed by atoms with van der Waals surface area (Å²) in [6, 6.07) is 3.10. The molecule has 1 rings (SSSR count). The summed E-state index contributed by atoms with van der Waals surface area (Å²) < 4.78 is 0.766. The molecule has 0 fully saturated rings. The second-order valence-electron chi connectivity index (χ2n) is 2.75. The number of nitrogens with two attached hydrogens (primary N) is 1. The SMILES string of the molecule is CCNc1cc(C(=O)O)c(N)cc1Br. The average molecular weight is 259 g/mol. The first kappa shape index (κ1) is 10.8. The molecule has 0 saturated carbocycles. The van der Waals surface area contributed by atoms with E-state index in [9.17, 15) is 4.79 Å². The van der Waals surface area contributed by atoms with Gasteiger partial charge in [0.05, 0.1) is 5.56 Å². The molecule has 0 spiro atoms. The molecule has 0 aliphatic rings. The summed E-state index contributed by atoms with van der Waals surface area (Å²) >= 11 is 3.30. The molecule has 0 saturated heterocycles. The number of rotatable bonds is 3. The van der Waals surface area contributed by atoms with Crippen LogP contribution in [-0.2, 0) is 0 Å². The second kappa shape index (κ2) is 4.32. The fourth-order valence-corrected chi connectivity index (χ4v) is 1.60. The third-order valence-corrected chi connectivity index (χ3v) is 2.39. The molecule has 1 aromatic rings. The lowest BCUT2D eigenvalue weighted by Crippen LogP contribution is -2.05. The van der Waals surface area contributed by atoms with E-state index in [1.165, 1.54) is 6.07 Å². The lowest BCUT2D eigenvalue weighted by Gasteiger charge is -2.09. The number of nitrogens with one attached hydrogen (secondary N) is 1. The molecule has 1 aromatic carbocycles. The molecular weight excluding hydrogens is 248 g/mol. The monoisotopic (exact) mass is 258 g/mol. The van der Waals surface area contributed by atoms with Gasteiger partial charge in [0, 0.05) is 22.4 Å². The summed E-state index contributed by atoms with van der Waals surface area (Å²) in [5, 5.41) is 11.9. The molecule has 5 heteroatoms. The number of hydrogen-bond donors (Lipinski definition) is 3. The van der Waals surface area contributed by atoms with Crippen LogP contribution in [0.25, 0.3) is 0 Å². The van der Waals surface area contributed by atoms with Gasteiger partial charge < -0.3 is 16.2 Å². The molecule has 0 heterocycles. The highest BCUT2D eigenvalue weighted by atomic mass is 79.9. The highest BCUT2D eigenvalue weighted by Gasteiger charge is 2.11. The summed E-state index contributed by atoms with van der Waals surface area (Å²) in [5.74, 6) is -1.02. The number of carbonyl (C=O) groups is 1. The van der Waals surface area contributed by atoms with Crippen molar-refractivity contribution in [2.24, 2.45) is 0 Å². The van der Waals surface area contributed by atoms with Crippen molar-refractivity contribution in [2.45, 2.75) is 6.92 Å². The number of benzene rings is 1. The van der Waals surface area contributed by atoms with Crippen molar-refractivity contribution in [1.29, 1.82) is 0 Å². The Morgan fingerprint density at radius 2 is 2.29 bits per heavy atom. The van der Waals surface area contributed by atoms with E-state index in [-0.39, 0.29) is 11.3 Å². The van der Waals surface area contributed by atoms with E-state index < -0.39 is 5.97 Å². The van der Waals surface area contributed by atoms with Gasteiger partial charge in [0.25, 0.3) is 0 Å². The third kappa shape index (κ3) is 2.17. The van der Waals surface area contributed by atoms with E-state index >= 15 is 0 Å². The van der Waals surface area contributed by atoms with Crippen LogP contribution in [0.5, 0.6) is 0 Å². The van der Waals surface area contributed by atoms with Crippen molar-refractivity contribution >= 4 is 33.3 Å². The van der Waals surface area contributed by atoms with Crippen molar-refractivity contribution < 1.29 is 9.90 Å². The van der Waals surface area contributed by atoms with Crippen LogP contribution < -0.4 is 11.1 Å². The van der Waals surface area contributed by atoms with Crippen LogP contribution in [0.15, 0.2) is 16.6 Å². The first-order valence-electron chi connectivity index (χ1n) is 4.12. The minimum atomic E-state index is -1.02. The van der Waals surface area contributed by atoms with Crippen LogP contribution in [0.2, 0.25) is 0 Å². The van der Waals surface area contributed by atoms with Crippen molar-refractivity contribution in [2.75, 3.05) is 17.6 Å². The number of hydrogen-bond acceptors (Lipinski definition) is 3. The summed E-state index contributed by atoms with van der Waals surface area (Å²) in [6.07, 6.45) is 0. The molecule has 14 heavy (non-hydrogen) atoms. The quantitative estimate of drug-likeness (QED) is 0.727. The van der Waals surface area contributed by atoms with Gasteiger partial charge in [-0.3, -0.25) is 0 Å². The molecular formula is C9H11BrN2O2. The van der Waals surface area contributed by atoms with Crippen molar-refractivity contribution in [3.05, 3.63) is 22.2 Å². The van der Waals surface area contributed by atoms with Gasteiger partial charge in [0.15, 0.2) is 0 Å². The summed E-state index contributed by atoms with van der Waals surface area (Å²) in [4.78, 5) is 10.8. The van der Waals surface area contributed by atoms with Crippen LogP contribution >= 0.6 is 15.9 Å². The van der Waals surface area contributed by atoms with Crippen LogP contribution in [-0.4, -0.2) is 17.6 Å². The van der Waals surface area contributed by atoms with Gasteiger partial charge in [-0.2, -0.15) is 0 Å². The van der Waals surface area contributed by atoms with Crippen LogP contribution in [0.3, 0.4) is 0 Å². The molecule has 0 unspecified atom stereocenters. The smallest absolute Gasteiger partial charge is 0.337 e. The lowest BCUT2D eigenvalue weighted by molar-refractivity contribution is 0.0698. The van der Waals surface area contributed by atoms with Gasteiger partial charge in [0.1, 0.15) is 0 Å². The Morgan fingerprint density at radius 1 is 1.64 bits per heavy atom. The van der Waals surface area contributed by atoms with E-state index in [0.29, 0.717) is 0 Å². The Kier molecular flexibility index (Phi) is 3.35. The van der Waals surface area contributed by atoms with Gasteiger partial charge in [0.2, 0.25) is 0 Å². The van der Waals surface area contributed by atoms with Gasteiger partial charge in [-0.25, -0.2) is 4.79 Å². The topological polar surface area (TPSA) is 75.3 Å². The minimum absolute atomic E-state index is 0.115. The summed E-state index contributed by atoms with van der Waals surface area (Å²) in [5.41, 5.74) is 6.65. The Labute approximate surface area is 90.2 Å². The zero-order valence-electron chi connectivity index (χ0n) is 7.67. The van der Waals surface area contributed by atoms with E-state index in [4.69, 9.17) is 10.8 Å². The largest absolute Gasteiger partial charge is 0.478 e. The maximum Gasteiger partial charge on any atom is 0.337 e. The maximum atomic E-state index is 10.8. The highest BCUT2D eigenvalue weighted by Crippen LogP contribution is 2.28. The lowest BCUT2D eigenvalue weighted by atomic mass is 10.1. The Balaban J connectivity index is 3.20. The molecule has 0 aliphatic heterocycles. The molecule has 76 valence electrons. The van der Waals surface area contributed by atoms with Gasteiger partial charge >= 0.3 is 5.97 Å². The van der Waals surface area contributed by atoms with Gasteiger partial charge in [-0.15, -0.1) is 0 Å². The number of carboxylic acid groups (broad SMARTS) is 1. The number of anilines is 2. The fraction of sp³-hybridized carbons (Fsp3) is 0.222. The normalized spacial score (nSPS) is 9.86. The second-order valence-corrected chi connectivity index (χ2v) is 3.61. The third-order valence-electron chi connectivity index (χ3n) is 1.74. The predicted octanol–water partition coefficient (Wildman–Crippen LogP) is 2.16. The molecule has 0 amide bonds. The summed E-state index contributed by atoms with van der Waals surface area (Å²) in [6.45, 7) is 2.66. The number of nitrogen functional groups attached to an aromatic ring is 1. The molecule has 4 N–H and O–H groups in total. The van der Waals surface area contributed by atoms with Crippen LogP contribution in [0.1, 0.15) is 17.3 Å². The molecule has 0 aliphatic carbocycles. The molecule has 4 nitrogen and oxygen atoms in total. The zero-order chi connectivity index (χ0) is 10.7. The first-order valence-corrected chi connectivity index (χ1v) is 4.91. The minimum Gasteiger partial charge on any atom is -0.478 e. The molecule has 0 radical (unpaired) electrons. The van der Waals surface area contributed by atoms with Crippen molar-refractivity contribution in [1.82, 2.24) is 0 Å². The average Bonchev–Trinajstić information content (AvgIpc) is 2.09. The van der Waals surface area contributed by atoms with Crippen molar-refractivity contribution in [3.8, 4) is 0 Å². The van der Waals surface area contributed by atoms with Crippen LogP contribution in [0.4, 0.5) is 11.4 Å². The maximum absolute atomic E-state index is 10.8. The van der Waals surface area contributed by atoms with E-state index in [2.05, 4.69) is 21.2 Å². The number of carboxylic acids is 1. The zero-order valence-corrected chi connectivity index (χ0v) is 9.26.